The molecule has 2 fully saturated rings. The van der Waals surface area contributed by atoms with E-state index < -0.39 is 6.17 Å². The van der Waals surface area contributed by atoms with Crippen LogP contribution < -0.4 is 0 Å². The van der Waals surface area contributed by atoms with Gasteiger partial charge in [0.15, 0.2) is 0 Å². The van der Waals surface area contributed by atoms with Crippen molar-refractivity contribution in [3.8, 4) is 0 Å². The van der Waals surface area contributed by atoms with Gasteiger partial charge in [0.2, 0.25) is 0 Å². The van der Waals surface area contributed by atoms with E-state index in [1.165, 1.54) is 6.42 Å². The molecule has 3 nitrogen and oxygen atoms in total. The highest BCUT2D eigenvalue weighted by atomic mass is 19.1. The molecule has 0 radical (unpaired) electrons. The van der Waals surface area contributed by atoms with Gasteiger partial charge in [-0.15, -0.1) is 0 Å². The Balaban J connectivity index is 1.70. The third-order valence-corrected chi connectivity index (χ3v) is 4.39. The summed E-state index contributed by atoms with van der Waals surface area (Å²) < 4.78 is 24.8. The molecular formula is C15H22FNO2. The van der Waals surface area contributed by atoms with E-state index in [9.17, 15) is 4.39 Å². The van der Waals surface area contributed by atoms with Crippen molar-refractivity contribution in [2.24, 2.45) is 5.92 Å². The molecule has 106 valence electrons. The van der Waals surface area contributed by atoms with E-state index in [1.807, 2.05) is 12.1 Å². The lowest BCUT2D eigenvalue weighted by Crippen LogP contribution is -2.42. The van der Waals surface area contributed by atoms with E-state index >= 15 is 0 Å². The summed E-state index contributed by atoms with van der Waals surface area (Å²) in [5, 5.41) is 0. The van der Waals surface area contributed by atoms with Gasteiger partial charge in [0, 0.05) is 13.0 Å². The van der Waals surface area contributed by atoms with Crippen LogP contribution in [0.3, 0.4) is 0 Å². The molecule has 0 N–H and O–H groups in total. The van der Waals surface area contributed by atoms with Crippen LogP contribution in [0.25, 0.3) is 0 Å². The summed E-state index contributed by atoms with van der Waals surface area (Å²) >= 11 is 0. The minimum absolute atomic E-state index is 0.258. The van der Waals surface area contributed by atoms with Crippen LogP contribution in [0.15, 0.2) is 22.8 Å². The van der Waals surface area contributed by atoms with Crippen LogP contribution in [-0.2, 0) is 4.74 Å². The van der Waals surface area contributed by atoms with Crippen LogP contribution in [0.2, 0.25) is 0 Å². The number of halogens is 1. The Bertz CT molecular complexity index is 395. The predicted molar refractivity (Wildman–Crippen MR) is 70.7 cm³/mol. The molecule has 19 heavy (non-hydrogen) atoms. The second-order valence-electron chi connectivity index (χ2n) is 5.87. The van der Waals surface area contributed by atoms with Gasteiger partial charge in [0.25, 0.3) is 0 Å². The number of likely N-dealkylation sites (tertiary alicyclic amines) is 1. The standard InChI is InChI=1S/C15H22FNO2/c1-11-4-6-17(10-15-12(16)5-8-19-15)13(9-11)14-3-2-7-18-14/h2-3,7,11-13,15H,4-6,8-10H2,1H3/t11-,12?,13-,15?/m1/s1. The third kappa shape index (κ3) is 2.84. The van der Waals surface area contributed by atoms with Gasteiger partial charge in [0.05, 0.1) is 18.9 Å². The number of nitrogens with zero attached hydrogens (tertiary/aromatic N) is 1. The number of alkyl halides is 1. The minimum Gasteiger partial charge on any atom is -0.468 e. The van der Waals surface area contributed by atoms with Gasteiger partial charge in [-0.25, -0.2) is 4.39 Å². The highest BCUT2D eigenvalue weighted by molar-refractivity contribution is 5.06. The van der Waals surface area contributed by atoms with E-state index in [0.29, 0.717) is 25.5 Å². The molecule has 3 rings (SSSR count). The summed E-state index contributed by atoms with van der Waals surface area (Å²) in [6.45, 7) is 4.51. The fourth-order valence-corrected chi connectivity index (χ4v) is 3.21. The molecule has 2 aliphatic heterocycles. The zero-order valence-electron chi connectivity index (χ0n) is 11.4. The van der Waals surface area contributed by atoms with Gasteiger partial charge in [-0.2, -0.15) is 0 Å². The molecular weight excluding hydrogens is 245 g/mol. The van der Waals surface area contributed by atoms with Crippen LogP contribution in [0.4, 0.5) is 4.39 Å². The normalized spacial score (nSPS) is 36.7. The average Bonchev–Trinajstić information content (AvgIpc) is 3.04. The number of hydrogen-bond acceptors (Lipinski definition) is 3. The Labute approximate surface area is 113 Å². The maximum atomic E-state index is 13.7. The van der Waals surface area contributed by atoms with E-state index in [4.69, 9.17) is 9.15 Å². The monoisotopic (exact) mass is 267 g/mol. The third-order valence-electron chi connectivity index (χ3n) is 4.39. The SMILES string of the molecule is C[C@@H]1CCN(CC2OCCC2F)[C@@H](c2ccco2)C1. The van der Waals surface area contributed by atoms with Crippen molar-refractivity contribution in [3.63, 3.8) is 0 Å². The number of ether oxygens (including phenoxy) is 1. The Morgan fingerprint density at radius 2 is 2.32 bits per heavy atom. The van der Waals surface area contributed by atoms with Crippen molar-refractivity contribution in [1.82, 2.24) is 4.90 Å². The van der Waals surface area contributed by atoms with Gasteiger partial charge < -0.3 is 9.15 Å². The summed E-state index contributed by atoms with van der Waals surface area (Å²) in [6.07, 6.45) is 3.44. The van der Waals surface area contributed by atoms with E-state index in [0.717, 1.165) is 18.7 Å². The van der Waals surface area contributed by atoms with Crippen molar-refractivity contribution in [2.75, 3.05) is 19.7 Å². The molecule has 4 atom stereocenters. The summed E-state index contributed by atoms with van der Waals surface area (Å²) in [5.74, 6) is 1.69. The first-order chi connectivity index (χ1) is 9.24. The second-order valence-corrected chi connectivity index (χ2v) is 5.87. The molecule has 4 heteroatoms. The Kier molecular flexibility index (Phi) is 3.89. The van der Waals surface area contributed by atoms with E-state index in [2.05, 4.69) is 11.8 Å². The van der Waals surface area contributed by atoms with Gasteiger partial charge in [-0.1, -0.05) is 6.92 Å². The lowest BCUT2D eigenvalue weighted by Gasteiger charge is -2.38. The lowest BCUT2D eigenvalue weighted by atomic mass is 9.90. The first-order valence-corrected chi connectivity index (χ1v) is 7.27. The minimum atomic E-state index is -0.809. The highest BCUT2D eigenvalue weighted by Crippen LogP contribution is 2.35. The van der Waals surface area contributed by atoms with Crippen LogP contribution in [0.1, 0.15) is 38.0 Å². The Hall–Kier alpha value is -0.870. The summed E-state index contributed by atoms with van der Waals surface area (Å²) in [6, 6.07) is 4.23. The lowest BCUT2D eigenvalue weighted by molar-refractivity contribution is 0.00925. The predicted octanol–water partition coefficient (Wildman–Crippen LogP) is 3.18. The zero-order valence-corrected chi connectivity index (χ0v) is 11.4. The summed E-state index contributed by atoms with van der Waals surface area (Å²) in [5.41, 5.74) is 0. The molecule has 2 aliphatic rings. The molecule has 0 bridgehead atoms. The second kappa shape index (κ2) is 5.63. The van der Waals surface area contributed by atoms with Crippen molar-refractivity contribution < 1.29 is 13.5 Å². The van der Waals surface area contributed by atoms with Crippen molar-refractivity contribution in [2.45, 2.75) is 44.5 Å². The van der Waals surface area contributed by atoms with Gasteiger partial charge >= 0.3 is 0 Å². The highest BCUT2D eigenvalue weighted by Gasteiger charge is 2.35. The average molecular weight is 267 g/mol. The fraction of sp³-hybridized carbons (Fsp3) is 0.733. The molecule has 0 amide bonds. The van der Waals surface area contributed by atoms with Crippen molar-refractivity contribution in [1.29, 1.82) is 0 Å². The van der Waals surface area contributed by atoms with Crippen LogP contribution in [0.5, 0.6) is 0 Å². The van der Waals surface area contributed by atoms with Crippen LogP contribution in [-0.4, -0.2) is 36.9 Å². The molecule has 2 unspecified atom stereocenters. The van der Waals surface area contributed by atoms with Gasteiger partial charge in [0.1, 0.15) is 18.0 Å². The summed E-state index contributed by atoms with van der Waals surface area (Å²) in [4.78, 5) is 2.33. The van der Waals surface area contributed by atoms with Gasteiger partial charge in [-0.05, 0) is 37.4 Å². The fourth-order valence-electron chi connectivity index (χ4n) is 3.21. The van der Waals surface area contributed by atoms with Gasteiger partial charge in [-0.3, -0.25) is 4.90 Å². The van der Waals surface area contributed by atoms with E-state index in [-0.39, 0.29) is 12.1 Å². The smallest absolute Gasteiger partial charge is 0.130 e. The number of piperidine rings is 1. The van der Waals surface area contributed by atoms with Crippen LogP contribution in [0, 0.1) is 5.92 Å². The number of furan rings is 1. The molecule has 0 saturated carbocycles. The largest absolute Gasteiger partial charge is 0.468 e. The first kappa shape index (κ1) is 13.1. The molecule has 1 aromatic heterocycles. The molecule has 0 aliphatic carbocycles. The summed E-state index contributed by atoms with van der Waals surface area (Å²) in [7, 11) is 0. The van der Waals surface area contributed by atoms with Crippen molar-refractivity contribution >= 4 is 0 Å². The maximum absolute atomic E-state index is 13.7. The number of hydrogen-bond donors (Lipinski definition) is 0. The molecule has 0 aromatic carbocycles. The zero-order chi connectivity index (χ0) is 13.2. The topological polar surface area (TPSA) is 25.6 Å². The van der Waals surface area contributed by atoms with Crippen LogP contribution >= 0.6 is 0 Å². The number of rotatable bonds is 3. The quantitative estimate of drug-likeness (QED) is 0.841. The first-order valence-electron chi connectivity index (χ1n) is 7.27. The molecule has 0 spiro atoms. The Morgan fingerprint density at radius 1 is 1.42 bits per heavy atom. The molecule has 1 aromatic rings. The Morgan fingerprint density at radius 3 is 3.00 bits per heavy atom. The van der Waals surface area contributed by atoms with E-state index in [1.54, 1.807) is 6.26 Å². The molecule has 2 saturated heterocycles. The molecule has 3 heterocycles. The maximum Gasteiger partial charge on any atom is 0.130 e. The van der Waals surface area contributed by atoms with Crippen molar-refractivity contribution in [3.05, 3.63) is 24.2 Å².